The Labute approximate surface area is 120 Å². The first-order valence-electron chi connectivity index (χ1n) is 7.62. The molecule has 5 heteroatoms. The molecule has 2 aliphatic heterocycles. The van der Waals surface area contributed by atoms with Crippen molar-refractivity contribution in [3.63, 3.8) is 0 Å². The Morgan fingerprint density at radius 1 is 1.25 bits per heavy atom. The van der Waals surface area contributed by atoms with Gasteiger partial charge in [-0.15, -0.1) is 0 Å². The quantitative estimate of drug-likeness (QED) is 0.900. The fourth-order valence-electron chi connectivity index (χ4n) is 2.98. The largest absolute Gasteiger partial charge is 0.397 e. The minimum absolute atomic E-state index is 0.506. The molecule has 5 nitrogen and oxygen atoms in total. The summed E-state index contributed by atoms with van der Waals surface area (Å²) in [6.45, 7) is 6.43. The van der Waals surface area contributed by atoms with Crippen molar-refractivity contribution < 1.29 is 4.74 Å². The molecule has 0 spiro atoms. The standard InChI is InChI=1S/C15H24N4O/c16-13-3-4-15(17-12-13)19-9-7-18(8-10-19)6-5-14-2-1-11-20-14/h3-4,12,14H,1-2,5-11,16H2. The number of piperazine rings is 1. The highest BCUT2D eigenvalue weighted by molar-refractivity contribution is 5.46. The first kappa shape index (κ1) is 13.6. The summed E-state index contributed by atoms with van der Waals surface area (Å²) >= 11 is 0. The van der Waals surface area contributed by atoms with E-state index in [1.807, 2.05) is 12.1 Å². The number of aromatic nitrogens is 1. The van der Waals surface area contributed by atoms with Crippen LogP contribution in [0.5, 0.6) is 0 Å². The van der Waals surface area contributed by atoms with E-state index >= 15 is 0 Å². The van der Waals surface area contributed by atoms with Crippen LogP contribution >= 0.6 is 0 Å². The highest BCUT2D eigenvalue weighted by atomic mass is 16.5. The summed E-state index contributed by atoms with van der Waals surface area (Å²) < 4.78 is 5.69. The zero-order valence-corrected chi connectivity index (χ0v) is 12.0. The number of nitrogens with two attached hydrogens (primary N) is 1. The molecule has 0 aliphatic carbocycles. The van der Waals surface area contributed by atoms with Gasteiger partial charge in [-0.05, 0) is 31.4 Å². The zero-order chi connectivity index (χ0) is 13.8. The van der Waals surface area contributed by atoms with Crippen LogP contribution in [0.4, 0.5) is 11.5 Å². The molecular weight excluding hydrogens is 252 g/mol. The third kappa shape index (κ3) is 3.41. The van der Waals surface area contributed by atoms with E-state index in [1.165, 1.54) is 19.3 Å². The second-order valence-corrected chi connectivity index (χ2v) is 5.70. The summed E-state index contributed by atoms with van der Waals surface area (Å²) in [6.07, 6.45) is 5.90. The lowest BCUT2D eigenvalue weighted by molar-refractivity contribution is 0.0910. The Morgan fingerprint density at radius 3 is 2.75 bits per heavy atom. The molecule has 0 aromatic carbocycles. The van der Waals surface area contributed by atoms with E-state index < -0.39 is 0 Å². The summed E-state index contributed by atoms with van der Waals surface area (Å²) in [5.41, 5.74) is 6.40. The molecule has 0 bridgehead atoms. The molecule has 0 radical (unpaired) electrons. The van der Waals surface area contributed by atoms with Gasteiger partial charge in [-0.1, -0.05) is 0 Å². The summed E-state index contributed by atoms with van der Waals surface area (Å²) in [6, 6.07) is 3.93. The number of hydrogen-bond acceptors (Lipinski definition) is 5. The van der Waals surface area contributed by atoms with Gasteiger partial charge >= 0.3 is 0 Å². The van der Waals surface area contributed by atoms with Crippen LogP contribution in [0, 0.1) is 0 Å². The molecule has 3 rings (SSSR count). The third-order valence-electron chi connectivity index (χ3n) is 4.26. The first-order valence-corrected chi connectivity index (χ1v) is 7.62. The van der Waals surface area contributed by atoms with Gasteiger partial charge in [0, 0.05) is 39.3 Å². The van der Waals surface area contributed by atoms with Crippen molar-refractivity contribution in [1.29, 1.82) is 0 Å². The van der Waals surface area contributed by atoms with E-state index in [2.05, 4.69) is 14.8 Å². The molecule has 1 aromatic heterocycles. The van der Waals surface area contributed by atoms with Gasteiger partial charge in [-0.3, -0.25) is 4.90 Å². The van der Waals surface area contributed by atoms with Crippen LogP contribution in [0.2, 0.25) is 0 Å². The number of pyridine rings is 1. The molecule has 1 unspecified atom stereocenters. The van der Waals surface area contributed by atoms with Gasteiger partial charge in [0.15, 0.2) is 0 Å². The molecule has 0 saturated carbocycles. The highest BCUT2D eigenvalue weighted by Gasteiger charge is 2.20. The van der Waals surface area contributed by atoms with Gasteiger partial charge in [0.05, 0.1) is 18.0 Å². The predicted molar refractivity (Wildman–Crippen MR) is 80.9 cm³/mol. The minimum Gasteiger partial charge on any atom is -0.397 e. The van der Waals surface area contributed by atoms with Crippen molar-refractivity contribution in [2.75, 3.05) is 50.0 Å². The van der Waals surface area contributed by atoms with Gasteiger partial charge in [-0.25, -0.2) is 4.98 Å². The number of anilines is 2. The van der Waals surface area contributed by atoms with Crippen molar-refractivity contribution in [2.24, 2.45) is 0 Å². The minimum atomic E-state index is 0.506. The average molecular weight is 276 g/mol. The van der Waals surface area contributed by atoms with Crippen molar-refractivity contribution in [2.45, 2.75) is 25.4 Å². The normalized spacial score (nSPS) is 24.2. The second kappa shape index (κ2) is 6.41. The lowest BCUT2D eigenvalue weighted by atomic mass is 10.1. The molecule has 1 aromatic rings. The maximum Gasteiger partial charge on any atom is 0.128 e. The fourth-order valence-corrected chi connectivity index (χ4v) is 2.98. The van der Waals surface area contributed by atoms with Crippen LogP contribution < -0.4 is 10.6 Å². The van der Waals surface area contributed by atoms with E-state index in [0.717, 1.165) is 50.8 Å². The molecule has 3 heterocycles. The number of nitrogen functional groups attached to an aromatic ring is 1. The first-order chi connectivity index (χ1) is 9.81. The average Bonchev–Trinajstić information content (AvgIpc) is 3.00. The fraction of sp³-hybridized carbons (Fsp3) is 0.667. The van der Waals surface area contributed by atoms with E-state index in [4.69, 9.17) is 10.5 Å². The van der Waals surface area contributed by atoms with Gasteiger partial charge in [0.25, 0.3) is 0 Å². The predicted octanol–water partition coefficient (Wildman–Crippen LogP) is 1.35. The third-order valence-corrected chi connectivity index (χ3v) is 4.26. The van der Waals surface area contributed by atoms with Crippen LogP contribution in [-0.4, -0.2) is 55.3 Å². The molecule has 110 valence electrons. The number of rotatable bonds is 4. The summed E-state index contributed by atoms with van der Waals surface area (Å²) in [5.74, 6) is 1.04. The van der Waals surface area contributed by atoms with E-state index in [1.54, 1.807) is 6.20 Å². The second-order valence-electron chi connectivity index (χ2n) is 5.70. The number of hydrogen-bond donors (Lipinski definition) is 1. The molecule has 1 atom stereocenters. The maximum atomic E-state index is 5.69. The van der Waals surface area contributed by atoms with Crippen molar-refractivity contribution >= 4 is 11.5 Å². The van der Waals surface area contributed by atoms with Crippen molar-refractivity contribution in [3.8, 4) is 0 Å². The molecule has 0 amide bonds. The molecule has 20 heavy (non-hydrogen) atoms. The molecule has 2 saturated heterocycles. The number of nitrogens with zero attached hydrogens (tertiary/aromatic N) is 3. The maximum absolute atomic E-state index is 5.69. The molecule has 2 aliphatic rings. The van der Waals surface area contributed by atoms with Crippen molar-refractivity contribution in [3.05, 3.63) is 18.3 Å². The Hall–Kier alpha value is -1.33. The lowest BCUT2D eigenvalue weighted by Crippen LogP contribution is -2.47. The zero-order valence-electron chi connectivity index (χ0n) is 12.0. The SMILES string of the molecule is Nc1ccc(N2CCN(CCC3CCCO3)CC2)nc1. The van der Waals surface area contributed by atoms with Crippen LogP contribution in [0.3, 0.4) is 0 Å². The van der Waals surface area contributed by atoms with Crippen LogP contribution in [0.25, 0.3) is 0 Å². The highest BCUT2D eigenvalue weighted by Crippen LogP contribution is 2.18. The van der Waals surface area contributed by atoms with E-state index in [-0.39, 0.29) is 0 Å². The summed E-state index contributed by atoms with van der Waals surface area (Å²) in [5, 5.41) is 0. The van der Waals surface area contributed by atoms with E-state index in [0.29, 0.717) is 6.10 Å². The summed E-state index contributed by atoms with van der Waals surface area (Å²) in [7, 11) is 0. The lowest BCUT2D eigenvalue weighted by Gasteiger charge is -2.35. The Morgan fingerprint density at radius 2 is 2.10 bits per heavy atom. The topological polar surface area (TPSA) is 54.6 Å². The van der Waals surface area contributed by atoms with E-state index in [9.17, 15) is 0 Å². The van der Waals surface area contributed by atoms with Gasteiger partial charge in [-0.2, -0.15) is 0 Å². The summed E-state index contributed by atoms with van der Waals surface area (Å²) in [4.78, 5) is 9.27. The van der Waals surface area contributed by atoms with Gasteiger partial charge in [0.1, 0.15) is 5.82 Å². The Bertz CT molecular complexity index is 408. The monoisotopic (exact) mass is 276 g/mol. The van der Waals surface area contributed by atoms with Gasteiger partial charge < -0.3 is 15.4 Å². The van der Waals surface area contributed by atoms with Crippen LogP contribution in [-0.2, 0) is 4.74 Å². The molecular formula is C15H24N4O. The van der Waals surface area contributed by atoms with Crippen molar-refractivity contribution in [1.82, 2.24) is 9.88 Å². The molecule has 2 N–H and O–H groups in total. The van der Waals surface area contributed by atoms with Gasteiger partial charge in [0.2, 0.25) is 0 Å². The Kier molecular flexibility index (Phi) is 4.38. The van der Waals surface area contributed by atoms with Crippen LogP contribution in [0.15, 0.2) is 18.3 Å². The smallest absolute Gasteiger partial charge is 0.128 e. The molecule has 2 fully saturated rings. The Balaban J connectivity index is 1.43. The number of ether oxygens (including phenoxy) is 1. The van der Waals surface area contributed by atoms with Crippen LogP contribution in [0.1, 0.15) is 19.3 Å².